The number of hydrogen-bond acceptors (Lipinski definition) is 4. The van der Waals surface area contributed by atoms with Crippen molar-refractivity contribution >= 4 is 0 Å². The van der Waals surface area contributed by atoms with Crippen LogP contribution in [0.5, 0.6) is 0 Å². The highest BCUT2D eigenvalue weighted by atomic mass is 16.3. The van der Waals surface area contributed by atoms with E-state index in [1.165, 1.54) is 16.8 Å². The van der Waals surface area contributed by atoms with Crippen molar-refractivity contribution in [1.82, 2.24) is 19.4 Å². The number of piperazine rings is 1. The molecule has 4 rings (SSSR count). The predicted molar refractivity (Wildman–Crippen MR) is 116 cm³/mol. The second-order valence-electron chi connectivity index (χ2n) is 7.88. The fourth-order valence-electron chi connectivity index (χ4n) is 4.26. The Bertz CT molecular complexity index is 908. The molecule has 1 atom stereocenters. The minimum absolute atomic E-state index is 0.231. The summed E-state index contributed by atoms with van der Waals surface area (Å²) >= 11 is 0. The van der Waals surface area contributed by atoms with Gasteiger partial charge in [-0.3, -0.25) is 14.8 Å². The second-order valence-corrected chi connectivity index (χ2v) is 7.88. The lowest BCUT2D eigenvalue weighted by atomic mass is 10.0. The summed E-state index contributed by atoms with van der Waals surface area (Å²) in [4.78, 5) is 9.30. The van der Waals surface area contributed by atoms with Gasteiger partial charge in [0, 0.05) is 63.5 Å². The molecule has 1 N–H and O–H groups in total. The van der Waals surface area contributed by atoms with Gasteiger partial charge in [-0.1, -0.05) is 24.3 Å². The number of aliphatic hydroxyl groups is 1. The van der Waals surface area contributed by atoms with Gasteiger partial charge in [-0.25, -0.2) is 0 Å². The van der Waals surface area contributed by atoms with Crippen LogP contribution in [-0.2, 0) is 13.1 Å². The highest BCUT2D eigenvalue weighted by Crippen LogP contribution is 2.21. The number of hydrogen-bond donors (Lipinski definition) is 1. The first-order valence-electron chi connectivity index (χ1n) is 10.4. The third-order valence-electron chi connectivity index (χ3n) is 5.93. The predicted octanol–water partition coefficient (Wildman–Crippen LogP) is 3.25. The van der Waals surface area contributed by atoms with Crippen LogP contribution in [0.15, 0.2) is 67.1 Å². The average Bonchev–Trinajstić information content (AvgIpc) is 3.20. The van der Waals surface area contributed by atoms with Gasteiger partial charge in [0.2, 0.25) is 0 Å². The smallest absolute Gasteiger partial charge is 0.0636 e. The maximum Gasteiger partial charge on any atom is 0.0636 e. The normalized spacial score (nSPS) is 18.2. The molecule has 5 nitrogen and oxygen atoms in total. The molecule has 1 fully saturated rings. The van der Waals surface area contributed by atoms with E-state index in [0.29, 0.717) is 6.04 Å². The van der Waals surface area contributed by atoms with Gasteiger partial charge >= 0.3 is 0 Å². The van der Waals surface area contributed by atoms with Crippen molar-refractivity contribution in [2.24, 2.45) is 0 Å². The summed E-state index contributed by atoms with van der Waals surface area (Å²) in [5.74, 6) is 0. The summed E-state index contributed by atoms with van der Waals surface area (Å²) in [5, 5.41) is 9.64. The van der Waals surface area contributed by atoms with E-state index in [2.05, 4.69) is 74.9 Å². The van der Waals surface area contributed by atoms with Gasteiger partial charge in [0.05, 0.1) is 11.9 Å². The van der Waals surface area contributed by atoms with Crippen LogP contribution in [0.3, 0.4) is 0 Å². The standard InChI is InChI=1S/C24H30N4O/c1-20-6-2-3-7-21(20)17-27-14-13-26(18-23(27)10-15-29)19-24-9-5-12-28(24)22-8-4-11-25-16-22/h2-9,11-12,16,23,29H,10,13-15,17-19H2,1H3. The van der Waals surface area contributed by atoms with E-state index in [-0.39, 0.29) is 6.61 Å². The van der Waals surface area contributed by atoms with Gasteiger partial charge in [-0.15, -0.1) is 0 Å². The molecular formula is C24H30N4O. The first-order valence-corrected chi connectivity index (χ1v) is 10.4. The molecule has 1 aromatic carbocycles. The van der Waals surface area contributed by atoms with E-state index in [0.717, 1.165) is 44.8 Å². The molecule has 0 bridgehead atoms. The maximum absolute atomic E-state index is 9.64. The average molecular weight is 391 g/mol. The molecule has 0 amide bonds. The molecule has 29 heavy (non-hydrogen) atoms. The van der Waals surface area contributed by atoms with Crippen LogP contribution in [-0.4, -0.2) is 56.7 Å². The van der Waals surface area contributed by atoms with Crippen molar-refractivity contribution < 1.29 is 5.11 Å². The van der Waals surface area contributed by atoms with Gasteiger partial charge in [0.1, 0.15) is 0 Å². The molecule has 0 radical (unpaired) electrons. The van der Waals surface area contributed by atoms with E-state index in [1.807, 2.05) is 12.3 Å². The Morgan fingerprint density at radius 1 is 1.03 bits per heavy atom. The Hall–Kier alpha value is -2.47. The van der Waals surface area contributed by atoms with E-state index in [1.54, 1.807) is 6.20 Å². The Labute approximate surface area is 173 Å². The summed E-state index contributed by atoms with van der Waals surface area (Å²) < 4.78 is 2.22. The SMILES string of the molecule is Cc1ccccc1CN1CCN(Cc2cccn2-c2cccnc2)CC1CCO. The highest BCUT2D eigenvalue weighted by molar-refractivity contribution is 5.32. The number of benzene rings is 1. The molecule has 0 saturated carbocycles. The fraction of sp³-hybridized carbons (Fsp3) is 0.375. The van der Waals surface area contributed by atoms with Gasteiger partial charge in [-0.05, 0) is 48.7 Å². The molecule has 1 aliphatic rings. The minimum Gasteiger partial charge on any atom is -0.396 e. The first-order chi connectivity index (χ1) is 14.2. The monoisotopic (exact) mass is 390 g/mol. The molecule has 5 heteroatoms. The summed E-state index contributed by atoms with van der Waals surface area (Å²) in [7, 11) is 0. The van der Waals surface area contributed by atoms with E-state index in [4.69, 9.17) is 0 Å². The Balaban J connectivity index is 1.44. The van der Waals surface area contributed by atoms with Gasteiger partial charge in [-0.2, -0.15) is 0 Å². The number of nitrogens with zero attached hydrogens (tertiary/aromatic N) is 4. The second kappa shape index (κ2) is 9.35. The van der Waals surface area contributed by atoms with Crippen LogP contribution in [0.25, 0.3) is 5.69 Å². The molecule has 152 valence electrons. The maximum atomic E-state index is 9.64. The van der Waals surface area contributed by atoms with E-state index >= 15 is 0 Å². The van der Waals surface area contributed by atoms with Crippen molar-refractivity contribution in [2.45, 2.75) is 32.5 Å². The summed E-state index contributed by atoms with van der Waals surface area (Å²) in [6.45, 7) is 7.30. The van der Waals surface area contributed by atoms with E-state index in [9.17, 15) is 5.11 Å². The van der Waals surface area contributed by atoms with Crippen LogP contribution in [0.2, 0.25) is 0 Å². The molecule has 1 aliphatic heterocycles. The lowest BCUT2D eigenvalue weighted by Crippen LogP contribution is -2.52. The lowest BCUT2D eigenvalue weighted by molar-refractivity contribution is 0.0491. The molecule has 2 aromatic heterocycles. The summed E-state index contributed by atoms with van der Waals surface area (Å²) in [5.41, 5.74) is 5.09. The Kier molecular flexibility index (Phi) is 6.39. The summed E-state index contributed by atoms with van der Waals surface area (Å²) in [6, 6.07) is 17.3. The molecule has 0 spiro atoms. The van der Waals surface area contributed by atoms with Crippen LogP contribution in [0.4, 0.5) is 0 Å². The third-order valence-corrected chi connectivity index (χ3v) is 5.93. The zero-order valence-corrected chi connectivity index (χ0v) is 17.1. The zero-order valence-electron chi connectivity index (χ0n) is 17.1. The Morgan fingerprint density at radius 2 is 1.93 bits per heavy atom. The molecule has 1 unspecified atom stereocenters. The van der Waals surface area contributed by atoms with Crippen molar-refractivity contribution in [2.75, 3.05) is 26.2 Å². The molecule has 0 aliphatic carbocycles. The minimum atomic E-state index is 0.231. The van der Waals surface area contributed by atoms with Crippen molar-refractivity contribution in [3.63, 3.8) is 0 Å². The molecule has 1 saturated heterocycles. The van der Waals surface area contributed by atoms with Gasteiger partial charge in [0.25, 0.3) is 0 Å². The molecule has 3 aromatic rings. The molecular weight excluding hydrogens is 360 g/mol. The fourth-order valence-corrected chi connectivity index (χ4v) is 4.26. The summed E-state index contributed by atoms with van der Waals surface area (Å²) in [6.07, 6.45) is 6.62. The van der Waals surface area contributed by atoms with Gasteiger partial charge in [0.15, 0.2) is 0 Å². The van der Waals surface area contributed by atoms with Gasteiger partial charge < -0.3 is 9.67 Å². The number of aliphatic hydroxyl groups excluding tert-OH is 1. The van der Waals surface area contributed by atoms with Crippen LogP contribution < -0.4 is 0 Å². The Morgan fingerprint density at radius 3 is 2.72 bits per heavy atom. The zero-order chi connectivity index (χ0) is 20.1. The quantitative estimate of drug-likeness (QED) is 0.673. The number of aryl methyl sites for hydroxylation is 1. The van der Waals surface area contributed by atoms with Crippen LogP contribution >= 0.6 is 0 Å². The van der Waals surface area contributed by atoms with Crippen molar-refractivity contribution in [3.05, 3.63) is 83.9 Å². The number of aromatic nitrogens is 2. The van der Waals surface area contributed by atoms with Crippen LogP contribution in [0, 0.1) is 6.92 Å². The molecule has 3 heterocycles. The van der Waals surface area contributed by atoms with Crippen molar-refractivity contribution in [3.8, 4) is 5.69 Å². The topological polar surface area (TPSA) is 44.5 Å². The third kappa shape index (κ3) is 4.75. The highest BCUT2D eigenvalue weighted by Gasteiger charge is 2.27. The number of rotatable bonds is 7. The largest absolute Gasteiger partial charge is 0.396 e. The van der Waals surface area contributed by atoms with E-state index < -0.39 is 0 Å². The lowest BCUT2D eigenvalue weighted by Gasteiger charge is -2.41. The van der Waals surface area contributed by atoms with Crippen LogP contribution in [0.1, 0.15) is 23.2 Å². The first kappa shape index (κ1) is 19.8. The number of pyridine rings is 1. The van der Waals surface area contributed by atoms with Crippen molar-refractivity contribution in [1.29, 1.82) is 0 Å².